The summed E-state index contributed by atoms with van der Waals surface area (Å²) in [4.78, 5) is 4.23. The van der Waals surface area contributed by atoms with Crippen molar-refractivity contribution >= 4 is 11.6 Å². The van der Waals surface area contributed by atoms with E-state index in [1.165, 1.54) is 18.2 Å². The summed E-state index contributed by atoms with van der Waals surface area (Å²) in [7, 11) is 0. The van der Waals surface area contributed by atoms with Crippen molar-refractivity contribution in [2.45, 2.75) is 26.3 Å². The molecular weight excluding hydrogens is 269 g/mol. The van der Waals surface area contributed by atoms with E-state index in [0.717, 1.165) is 0 Å². The second kappa shape index (κ2) is 5.67. The smallest absolute Gasteiger partial charge is 0.228 e. The van der Waals surface area contributed by atoms with E-state index >= 15 is 0 Å². The minimum Gasteiger partial charge on any atom is -0.339 e. The number of nitrogens with two attached hydrogens (primary N) is 1. The van der Waals surface area contributed by atoms with Crippen LogP contribution in [0.2, 0.25) is 5.02 Å². The van der Waals surface area contributed by atoms with Gasteiger partial charge < -0.3 is 10.3 Å². The van der Waals surface area contributed by atoms with Crippen LogP contribution in [0.1, 0.15) is 19.7 Å². The Bertz CT molecular complexity index is 571. The maximum atomic E-state index is 13.0. The first-order valence-corrected chi connectivity index (χ1v) is 6.38. The van der Waals surface area contributed by atoms with Crippen LogP contribution in [0.15, 0.2) is 22.7 Å². The van der Waals surface area contributed by atoms with Gasteiger partial charge in [-0.1, -0.05) is 30.6 Å². The maximum absolute atomic E-state index is 13.0. The third-order valence-electron chi connectivity index (χ3n) is 2.91. The van der Waals surface area contributed by atoms with Crippen molar-refractivity contribution in [2.24, 2.45) is 11.7 Å². The van der Waals surface area contributed by atoms with Gasteiger partial charge in [0.25, 0.3) is 0 Å². The quantitative estimate of drug-likeness (QED) is 0.936. The van der Waals surface area contributed by atoms with E-state index in [2.05, 4.69) is 10.1 Å². The number of benzene rings is 1. The third-order valence-corrected chi connectivity index (χ3v) is 3.22. The van der Waals surface area contributed by atoms with Crippen molar-refractivity contribution in [1.82, 2.24) is 10.1 Å². The molecule has 1 heterocycles. The Labute approximate surface area is 115 Å². The van der Waals surface area contributed by atoms with Gasteiger partial charge in [0, 0.05) is 18.0 Å². The molecule has 0 bridgehead atoms. The summed E-state index contributed by atoms with van der Waals surface area (Å²) in [5, 5.41) is 4.09. The van der Waals surface area contributed by atoms with Crippen LogP contribution in [0, 0.1) is 11.7 Å². The molecule has 0 aliphatic carbocycles. The van der Waals surface area contributed by atoms with Crippen LogP contribution in [0.4, 0.5) is 4.39 Å². The van der Waals surface area contributed by atoms with Crippen molar-refractivity contribution < 1.29 is 8.91 Å². The Morgan fingerprint density at radius 2 is 2.16 bits per heavy atom. The van der Waals surface area contributed by atoms with Crippen LogP contribution in [0.3, 0.4) is 0 Å². The zero-order chi connectivity index (χ0) is 14.0. The molecule has 6 heteroatoms. The molecule has 2 N–H and O–H groups in total. The van der Waals surface area contributed by atoms with Gasteiger partial charge in [0.2, 0.25) is 11.7 Å². The van der Waals surface area contributed by atoms with Crippen molar-refractivity contribution in [3.8, 4) is 11.4 Å². The maximum Gasteiger partial charge on any atom is 0.228 e. The molecule has 0 saturated carbocycles. The summed E-state index contributed by atoms with van der Waals surface area (Å²) in [5.74, 6) is 0.719. The normalized spacial score (nSPS) is 12.9. The van der Waals surface area contributed by atoms with Gasteiger partial charge in [-0.2, -0.15) is 4.98 Å². The lowest BCUT2D eigenvalue weighted by atomic mass is 10.0. The number of aromatic nitrogens is 2. The number of rotatable bonds is 4. The van der Waals surface area contributed by atoms with E-state index in [4.69, 9.17) is 21.9 Å². The zero-order valence-electron chi connectivity index (χ0n) is 10.7. The molecular formula is C13H15ClFN3O. The summed E-state index contributed by atoms with van der Waals surface area (Å²) in [5.41, 5.74) is 6.48. The van der Waals surface area contributed by atoms with Gasteiger partial charge in [0.1, 0.15) is 5.82 Å². The van der Waals surface area contributed by atoms with E-state index in [0.29, 0.717) is 29.6 Å². The number of hydrogen-bond donors (Lipinski definition) is 1. The standard InChI is InChI=1S/C13H15ClFN3O/c1-7(2)11(16)6-12-17-13(18-19-12)9-4-3-8(15)5-10(9)14/h3-5,7,11H,6,16H2,1-2H3. The van der Waals surface area contributed by atoms with E-state index < -0.39 is 5.82 Å². The summed E-state index contributed by atoms with van der Waals surface area (Å²) >= 11 is 5.94. The second-order valence-corrected chi connectivity index (χ2v) is 5.16. The highest BCUT2D eigenvalue weighted by atomic mass is 35.5. The minimum absolute atomic E-state index is 0.0445. The van der Waals surface area contributed by atoms with Crippen LogP contribution in [-0.2, 0) is 6.42 Å². The Balaban J connectivity index is 2.21. The lowest BCUT2D eigenvalue weighted by Crippen LogP contribution is -2.28. The average Bonchev–Trinajstić information content (AvgIpc) is 2.77. The van der Waals surface area contributed by atoms with Crippen molar-refractivity contribution in [2.75, 3.05) is 0 Å². The Hall–Kier alpha value is -1.46. The summed E-state index contributed by atoms with van der Waals surface area (Å²) in [6, 6.07) is 4.00. The largest absolute Gasteiger partial charge is 0.339 e. The van der Waals surface area contributed by atoms with Crippen LogP contribution >= 0.6 is 11.6 Å². The molecule has 1 atom stereocenters. The Kier molecular flexibility index (Phi) is 4.17. The van der Waals surface area contributed by atoms with Gasteiger partial charge in [-0.25, -0.2) is 4.39 Å². The fraction of sp³-hybridized carbons (Fsp3) is 0.385. The molecule has 2 rings (SSSR count). The van der Waals surface area contributed by atoms with E-state index in [-0.39, 0.29) is 11.1 Å². The Morgan fingerprint density at radius 3 is 2.79 bits per heavy atom. The lowest BCUT2D eigenvalue weighted by molar-refractivity contribution is 0.353. The summed E-state index contributed by atoms with van der Waals surface area (Å²) < 4.78 is 18.1. The fourth-order valence-electron chi connectivity index (χ4n) is 1.56. The molecule has 102 valence electrons. The van der Waals surface area contributed by atoms with Crippen LogP contribution < -0.4 is 5.73 Å². The highest BCUT2D eigenvalue weighted by Crippen LogP contribution is 2.26. The van der Waals surface area contributed by atoms with Crippen LogP contribution in [0.5, 0.6) is 0 Å². The van der Waals surface area contributed by atoms with Crippen LogP contribution in [-0.4, -0.2) is 16.2 Å². The molecule has 4 nitrogen and oxygen atoms in total. The topological polar surface area (TPSA) is 64.9 Å². The summed E-state index contributed by atoms with van der Waals surface area (Å²) in [6.45, 7) is 4.05. The van der Waals surface area contributed by atoms with Crippen molar-refractivity contribution in [3.05, 3.63) is 34.9 Å². The molecule has 1 unspecified atom stereocenters. The predicted molar refractivity (Wildman–Crippen MR) is 71.2 cm³/mol. The molecule has 1 aromatic heterocycles. The fourth-order valence-corrected chi connectivity index (χ4v) is 1.81. The first-order chi connectivity index (χ1) is 8.97. The molecule has 0 spiro atoms. The monoisotopic (exact) mass is 283 g/mol. The molecule has 0 radical (unpaired) electrons. The highest BCUT2D eigenvalue weighted by Gasteiger charge is 2.16. The average molecular weight is 284 g/mol. The number of nitrogens with zero attached hydrogens (tertiary/aromatic N) is 2. The third kappa shape index (κ3) is 3.30. The molecule has 0 fully saturated rings. The van der Waals surface area contributed by atoms with Gasteiger partial charge in [-0.15, -0.1) is 0 Å². The Morgan fingerprint density at radius 1 is 1.42 bits per heavy atom. The van der Waals surface area contributed by atoms with Gasteiger partial charge in [-0.05, 0) is 24.1 Å². The van der Waals surface area contributed by atoms with Gasteiger partial charge in [-0.3, -0.25) is 0 Å². The lowest BCUT2D eigenvalue weighted by Gasteiger charge is -2.11. The number of hydrogen-bond acceptors (Lipinski definition) is 4. The predicted octanol–water partition coefficient (Wildman–Crippen LogP) is 3.05. The van der Waals surface area contributed by atoms with E-state index in [1.807, 2.05) is 13.8 Å². The summed E-state index contributed by atoms with van der Waals surface area (Å²) in [6.07, 6.45) is 0.503. The van der Waals surface area contributed by atoms with Gasteiger partial charge >= 0.3 is 0 Å². The molecule has 19 heavy (non-hydrogen) atoms. The SMILES string of the molecule is CC(C)C(N)Cc1nc(-c2ccc(F)cc2Cl)no1. The molecule has 0 amide bonds. The molecule has 0 saturated heterocycles. The molecule has 1 aromatic carbocycles. The molecule has 0 aliphatic rings. The van der Waals surface area contributed by atoms with Gasteiger partial charge in [0.15, 0.2) is 0 Å². The first kappa shape index (κ1) is 14.0. The van der Waals surface area contributed by atoms with E-state index in [1.54, 1.807) is 0 Å². The zero-order valence-corrected chi connectivity index (χ0v) is 11.5. The van der Waals surface area contributed by atoms with Crippen LogP contribution in [0.25, 0.3) is 11.4 Å². The van der Waals surface area contributed by atoms with E-state index in [9.17, 15) is 4.39 Å². The molecule has 0 aliphatic heterocycles. The number of halogens is 2. The first-order valence-electron chi connectivity index (χ1n) is 6.01. The molecule has 2 aromatic rings. The second-order valence-electron chi connectivity index (χ2n) is 4.75. The minimum atomic E-state index is -0.403. The van der Waals surface area contributed by atoms with Crippen molar-refractivity contribution in [1.29, 1.82) is 0 Å². The van der Waals surface area contributed by atoms with Gasteiger partial charge in [0.05, 0.1) is 5.02 Å². The van der Waals surface area contributed by atoms with Crippen molar-refractivity contribution in [3.63, 3.8) is 0 Å². The highest BCUT2D eigenvalue weighted by molar-refractivity contribution is 6.33.